The van der Waals surface area contributed by atoms with E-state index in [-0.39, 0.29) is 0 Å². The van der Waals surface area contributed by atoms with Gasteiger partial charge < -0.3 is 5.32 Å². The molecule has 1 nitrogen and oxygen atoms in total. The van der Waals surface area contributed by atoms with Crippen LogP contribution < -0.4 is 5.32 Å². The lowest BCUT2D eigenvalue weighted by Crippen LogP contribution is -2.21. The van der Waals surface area contributed by atoms with Gasteiger partial charge in [0.05, 0.1) is 0 Å². The number of benzene rings is 2. The smallest absolute Gasteiger partial charge is 0.0208 e. The Kier molecular flexibility index (Phi) is 3.25. The highest BCUT2D eigenvalue weighted by molar-refractivity contribution is 5.83. The van der Waals surface area contributed by atoms with Gasteiger partial charge in [-0.1, -0.05) is 49.7 Å². The molecule has 0 aliphatic carbocycles. The van der Waals surface area contributed by atoms with Crippen LogP contribution in [-0.2, 0) is 6.54 Å². The number of aryl methyl sites for hydroxylation is 1. The SMILES string of the molecule is Cc1ccc2cc(CNC(C)C)ccc2c1. The average Bonchev–Trinajstić information content (AvgIpc) is 2.26. The Hall–Kier alpha value is -1.34. The highest BCUT2D eigenvalue weighted by atomic mass is 14.9. The topological polar surface area (TPSA) is 12.0 Å². The molecule has 2 aromatic carbocycles. The van der Waals surface area contributed by atoms with Gasteiger partial charge in [-0.25, -0.2) is 0 Å². The molecule has 0 atom stereocenters. The number of rotatable bonds is 3. The second-order valence-electron chi connectivity index (χ2n) is 4.72. The van der Waals surface area contributed by atoms with E-state index < -0.39 is 0 Å². The van der Waals surface area contributed by atoms with E-state index >= 15 is 0 Å². The maximum absolute atomic E-state index is 3.44. The third-order valence-electron chi connectivity index (χ3n) is 2.77. The van der Waals surface area contributed by atoms with Crippen molar-refractivity contribution >= 4 is 10.8 Å². The molecule has 0 spiro atoms. The summed E-state index contributed by atoms with van der Waals surface area (Å²) in [5.41, 5.74) is 2.67. The fourth-order valence-corrected chi connectivity index (χ4v) is 1.85. The molecular formula is C15H19N. The Balaban J connectivity index is 2.26. The first kappa shape index (κ1) is 11.2. The molecule has 0 unspecified atom stereocenters. The van der Waals surface area contributed by atoms with Crippen LogP contribution in [0.5, 0.6) is 0 Å². The molecule has 1 heteroatoms. The van der Waals surface area contributed by atoms with Crippen molar-refractivity contribution in [3.8, 4) is 0 Å². The molecular weight excluding hydrogens is 194 g/mol. The van der Waals surface area contributed by atoms with Gasteiger partial charge in [0.2, 0.25) is 0 Å². The van der Waals surface area contributed by atoms with Crippen molar-refractivity contribution in [3.63, 3.8) is 0 Å². The number of hydrogen-bond acceptors (Lipinski definition) is 1. The van der Waals surface area contributed by atoms with Gasteiger partial charge in [0.1, 0.15) is 0 Å². The molecule has 0 fully saturated rings. The molecule has 0 amide bonds. The van der Waals surface area contributed by atoms with Crippen molar-refractivity contribution in [2.45, 2.75) is 33.4 Å². The highest BCUT2D eigenvalue weighted by Gasteiger charge is 1.98. The van der Waals surface area contributed by atoms with Crippen LogP contribution in [-0.4, -0.2) is 6.04 Å². The summed E-state index contributed by atoms with van der Waals surface area (Å²) in [7, 11) is 0. The van der Waals surface area contributed by atoms with E-state index in [0.29, 0.717) is 6.04 Å². The molecule has 0 saturated carbocycles. The summed E-state index contributed by atoms with van der Waals surface area (Å²) in [6.45, 7) is 7.42. The summed E-state index contributed by atoms with van der Waals surface area (Å²) in [5, 5.41) is 6.09. The molecule has 0 aliphatic rings. The Labute approximate surface area is 97.5 Å². The lowest BCUT2D eigenvalue weighted by Gasteiger charge is -2.09. The Bertz CT molecular complexity index is 486. The van der Waals surface area contributed by atoms with Gasteiger partial charge in [-0.2, -0.15) is 0 Å². The minimum absolute atomic E-state index is 0.536. The van der Waals surface area contributed by atoms with Gasteiger partial charge in [-0.3, -0.25) is 0 Å². The van der Waals surface area contributed by atoms with E-state index in [0.717, 1.165) is 6.54 Å². The predicted molar refractivity (Wildman–Crippen MR) is 70.7 cm³/mol. The molecule has 0 heterocycles. The predicted octanol–water partition coefficient (Wildman–Crippen LogP) is 3.65. The van der Waals surface area contributed by atoms with Crippen LogP contribution in [0.1, 0.15) is 25.0 Å². The second-order valence-corrected chi connectivity index (χ2v) is 4.72. The summed E-state index contributed by atoms with van der Waals surface area (Å²) >= 11 is 0. The zero-order chi connectivity index (χ0) is 11.5. The molecule has 0 aliphatic heterocycles. The van der Waals surface area contributed by atoms with Crippen molar-refractivity contribution in [2.24, 2.45) is 0 Å². The molecule has 0 aromatic heterocycles. The molecule has 84 valence electrons. The first-order valence-corrected chi connectivity index (χ1v) is 5.88. The van der Waals surface area contributed by atoms with Crippen molar-refractivity contribution in [1.29, 1.82) is 0 Å². The second kappa shape index (κ2) is 4.67. The quantitative estimate of drug-likeness (QED) is 0.820. The first-order chi connectivity index (χ1) is 7.65. The maximum Gasteiger partial charge on any atom is 0.0208 e. The van der Waals surface area contributed by atoms with Gasteiger partial charge >= 0.3 is 0 Å². The third kappa shape index (κ3) is 2.61. The normalized spacial score (nSPS) is 11.2. The Morgan fingerprint density at radius 1 is 1.00 bits per heavy atom. The van der Waals surface area contributed by atoms with Crippen molar-refractivity contribution in [3.05, 3.63) is 47.5 Å². The minimum atomic E-state index is 0.536. The average molecular weight is 213 g/mol. The lowest BCUT2D eigenvalue weighted by atomic mass is 10.0. The number of fused-ring (bicyclic) bond motifs is 1. The molecule has 0 radical (unpaired) electrons. The molecule has 0 saturated heterocycles. The van der Waals surface area contributed by atoms with Crippen LogP contribution in [0.25, 0.3) is 10.8 Å². The standard InChI is InChI=1S/C15H19N/c1-11(2)16-10-13-5-7-14-8-12(3)4-6-15(14)9-13/h4-9,11,16H,10H2,1-3H3. The van der Waals surface area contributed by atoms with Gasteiger partial charge in [0, 0.05) is 12.6 Å². The van der Waals surface area contributed by atoms with E-state index in [4.69, 9.17) is 0 Å². The van der Waals surface area contributed by atoms with Crippen LogP contribution >= 0.6 is 0 Å². The highest BCUT2D eigenvalue weighted by Crippen LogP contribution is 2.17. The fraction of sp³-hybridized carbons (Fsp3) is 0.333. The lowest BCUT2D eigenvalue weighted by molar-refractivity contribution is 0.589. The molecule has 16 heavy (non-hydrogen) atoms. The van der Waals surface area contributed by atoms with E-state index in [1.807, 2.05) is 0 Å². The summed E-state index contributed by atoms with van der Waals surface area (Å²) in [6, 6.07) is 13.8. The van der Waals surface area contributed by atoms with Gasteiger partial charge in [-0.15, -0.1) is 0 Å². The monoisotopic (exact) mass is 213 g/mol. The van der Waals surface area contributed by atoms with Crippen LogP contribution in [0.15, 0.2) is 36.4 Å². The number of nitrogens with one attached hydrogen (secondary N) is 1. The van der Waals surface area contributed by atoms with Gasteiger partial charge in [0.25, 0.3) is 0 Å². The third-order valence-corrected chi connectivity index (χ3v) is 2.77. The fourth-order valence-electron chi connectivity index (χ4n) is 1.85. The van der Waals surface area contributed by atoms with E-state index in [2.05, 4.69) is 62.5 Å². The summed E-state index contributed by atoms with van der Waals surface area (Å²) in [4.78, 5) is 0. The van der Waals surface area contributed by atoms with E-state index in [1.54, 1.807) is 0 Å². The first-order valence-electron chi connectivity index (χ1n) is 5.88. The molecule has 2 rings (SSSR count). The number of hydrogen-bond donors (Lipinski definition) is 1. The largest absolute Gasteiger partial charge is 0.310 e. The molecule has 0 bridgehead atoms. The van der Waals surface area contributed by atoms with E-state index in [1.165, 1.54) is 21.9 Å². The van der Waals surface area contributed by atoms with Crippen molar-refractivity contribution in [1.82, 2.24) is 5.32 Å². The minimum Gasteiger partial charge on any atom is -0.310 e. The Morgan fingerprint density at radius 3 is 2.44 bits per heavy atom. The molecule has 2 aromatic rings. The summed E-state index contributed by atoms with van der Waals surface area (Å²) < 4.78 is 0. The Morgan fingerprint density at radius 2 is 1.69 bits per heavy atom. The van der Waals surface area contributed by atoms with Crippen molar-refractivity contribution in [2.75, 3.05) is 0 Å². The zero-order valence-corrected chi connectivity index (χ0v) is 10.2. The van der Waals surface area contributed by atoms with Crippen LogP contribution in [0.3, 0.4) is 0 Å². The van der Waals surface area contributed by atoms with Gasteiger partial charge in [-0.05, 0) is 29.3 Å². The zero-order valence-electron chi connectivity index (χ0n) is 10.2. The van der Waals surface area contributed by atoms with Crippen LogP contribution in [0.2, 0.25) is 0 Å². The van der Waals surface area contributed by atoms with Crippen LogP contribution in [0, 0.1) is 6.92 Å². The van der Waals surface area contributed by atoms with Gasteiger partial charge in [0.15, 0.2) is 0 Å². The molecule has 1 N–H and O–H groups in total. The van der Waals surface area contributed by atoms with Crippen LogP contribution in [0.4, 0.5) is 0 Å². The maximum atomic E-state index is 3.44. The summed E-state index contributed by atoms with van der Waals surface area (Å²) in [6.07, 6.45) is 0. The van der Waals surface area contributed by atoms with Crippen molar-refractivity contribution < 1.29 is 0 Å². The van der Waals surface area contributed by atoms with E-state index in [9.17, 15) is 0 Å². The summed E-state index contributed by atoms with van der Waals surface area (Å²) in [5.74, 6) is 0.